The maximum atomic E-state index is 5.47. The SMILES string of the molecule is S=c1[nH]c2cnc3ccccc3c2n1C1CCC1. The molecule has 1 aliphatic rings. The highest BCUT2D eigenvalue weighted by molar-refractivity contribution is 7.71. The van der Waals surface area contributed by atoms with Gasteiger partial charge in [0.25, 0.3) is 0 Å². The van der Waals surface area contributed by atoms with E-state index in [0.717, 1.165) is 15.8 Å². The highest BCUT2D eigenvalue weighted by atomic mass is 32.1. The molecule has 0 aliphatic heterocycles. The zero-order valence-corrected chi connectivity index (χ0v) is 10.7. The molecule has 1 aromatic carbocycles. The van der Waals surface area contributed by atoms with Crippen LogP contribution in [-0.2, 0) is 0 Å². The van der Waals surface area contributed by atoms with Crippen LogP contribution in [0.4, 0.5) is 0 Å². The predicted molar refractivity (Wildman–Crippen MR) is 75.3 cm³/mol. The molecule has 0 saturated heterocycles. The molecule has 3 aromatic rings. The van der Waals surface area contributed by atoms with E-state index in [1.54, 1.807) is 0 Å². The quantitative estimate of drug-likeness (QED) is 0.667. The van der Waals surface area contributed by atoms with Gasteiger partial charge < -0.3 is 9.55 Å². The average Bonchev–Trinajstić information content (AvgIpc) is 2.65. The molecule has 0 bridgehead atoms. The molecule has 2 heterocycles. The van der Waals surface area contributed by atoms with Crippen LogP contribution in [0.15, 0.2) is 30.5 Å². The Hall–Kier alpha value is -1.68. The standard InChI is InChI=1S/C14H13N3S/c18-14-16-12-8-15-11-7-2-1-6-10(11)13(12)17(14)9-4-3-5-9/h1-2,6-9H,3-5H2,(H,16,18). The Bertz CT molecular complexity index is 796. The van der Waals surface area contributed by atoms with Gasteiger partial charge in [0.1, 0.15) is 0 Å². The van der Waals surface area contributed by atoms with Gasteiger partial charge in [-0.3, -0.25) is 4.98 Å². The molecule has 1 N–H and O–H groups in total. The highest BCUT2D eigenvalue weighted by Crippen LogP contribution is 2.36. The van der Waals surface area contributed by atoms with Crippen LogP contribution in [0, 0.1) is 4.77 Å². The number of aromatic nitrogens is 3. The second-order valence-electron chi connectivity index (χ2n) is 4.92. The van der Waals surface area contributed by atoms with Gasteiger partial charge in [-0.15, -0.1) is 0 Å². The number of fused-ring (bicyclic) bond motifs is 3. The number of hydrogen-bond donors (Lipinski definition) is 1. The third-order valence-electron chi connectivity index (χ3n) is 3.89. The van der Waals surface area contributed by atoms with E-state index in [4.69, 9.17) is 12.2 Å². The minimum Gasteiger partial charge on any atom is -0.329 e. The Balaban J connectivity index is 2.18. The van der Waals surface area contributed by atoms with Gasteiger partial charge in [-0.05, 0) is 37.5 Å². The molecule has 0 atom stereocenters. The first-order chi connectivity index (χ1) is 8.84. The average molecular weight is 255 g/mol. The summed E-state index contributed by atoms with van der Waals surface area (Å²) in [6, 6.07) is 8.83. The van der Waals surface area contributed by atoms with Crippen molar-refractivity contribution in [2.45, 2.75) is 25.3 Å². The second kappa shape index (κ2) is 3.65. The minimum absolute atomic E-state index is 0.567. The summed E-state index contributed by atoms with van der Waals surface area (Å²) < 4.78 is 3.12. The van der Waals surface area contributed by atoms with Crippen molar-refractivity contribution in [1.29, 1.82) is 0 Å². The minimum atomic E-state index is 0.567. The maximum absolute atomic E-state index is 5.47. The van der Waals surface area contributed by atoms with E-state index in [1.807, 2.05) is 12.3 Å². The fraction of sp³-hybridized carbons (Fsp3) is 0.286. The van der Waals surface area contributed by atoms with Gasteiger partial charge in [0.15, 0.2) is 4.77 Å². The molecule has 1 saturated carbocycles. The lowest BCUT2D eigenvalue weighted by Gasteiger charge is -2.27. The van der Waals surface area contributed by atoms with Crippen molar-refractivity contribution in [1.82, 2.24) is 14.5 Å². The third kappa shape index (κ3) is 1.29. The molecule has 0 spiro atoms. The van der Waals surface area contributed by atoms with Crippen molar-refractivity contribution in [3.63, 3.8) is 0 Å². The largest absolute Gasteiger partial charge is 0.329 e. The van der Waals surface area contributed by atoms with Crippen molar-refractivity contribution < 1.29 is 0 Å². The molecule has 90 valence electrons. The zero-order chi connectivity index (χ0) is 12.1. The summed E-state index contributed by atoms with van der Waals surface area (Å²) >= 11 is 5.47. The number of aromatic amines is 1. The van der Waals surface area contributed by atoms with Gasteiger partial charge in [0, 0.05) is 11.4 Å². The van der Waals surface area contributed by atoms with E-state index in [1.165, 1.54) is 30.2 Å². The molecule has 0 amide bonds. The molecule has 1 aliphatic carbocycles. The molecular formula is C14H13N3S. The van der Waals surface area contributed by atoms with Crippen LogP contribution in [0.5, 0.6) is 0 Å². The van der Waals surface area contributed by atoms with E-state index in [0.29, 0.717) is 6.04 Å². The van der Waals surface area contributed by atoms with Gasteiger partial charge in [-0.1, -0.05) is 18.2 Å². The normalized spacial score (nSPS) is 16.2. The van der Waals surface area contributed by atoms with Crippen LogP contribution in [0.1, 0.15) is 25.3 Å². The molecule has 0 unspecified atom stereocenters. The van der Waals surface area contributed by atoms with Gasteiger partial charge in [0.2, 0.25) is 0 Å². The summed E-state index contributed by atoms with van der Waals surface area (Å²) in [5.74, 6) is 0. The first kappa shape index (κ1) is 10.3. The zero-order valence-electron chi connectivity index (χ0n) is 9.89. The molecule has 18 heavy (non-hydrogen) atoms. The first-order valence-electron chi connectivity index (χ1n) is 6.32. The number of benzene rings is 1. The first-order valence-corrected chi connectivity index (χ1v) is 6.73. The smallest absolute Gasteiger partial charge is 0.178 e. The number of para-hydroxylation sites is 1. The number of pyridine rings is 1. The summed E-state index contributed by atoms with van der Waals surface area (Å²) in [5, 5.41) is 1.19. The highest BCUT2D eigenvalue weighted by Gasteiger charge is 2.23. The Labute approximate surface area is 109 Å². The van der Waals surface area contributed by atoms with Crippen molar-refractivity contribution in [2.75, 3.05) is 0 Å². The number of hydrogen-bond acceptors (Lipinski definition) is 2. The summed E-state index contributed by atoms with van der Waals surface area (Å²) in [4.78, 5) is 7.76. The molecule has 2 aromatic heterocycles. The Kier molecular flexibility index (Phi) is 2.08. The number of nitrogens with zero attached hydrogens (tertiary/aromatic N) is 2. The van der Waals surface area contributed by atoms with Crippen molar-refractivity contribution in [3.8, 4) is 0 Å². The molecule has 4 heteroatoms. The lowest BCUT2D eigenvalue weighted by Crippen LogP contribution is -2.16. The van der Waals surface area contributed by atoms with Crippen LogP contribution in [0.25, 0.3) is 21.9 Å². The number of H-pyrrole nitrogens is 1. The lowest BCUT2D eigenvalue weighted by molar-refractivity contribution is 0.318. The second-order valence-corrected chi connectivity index (χ2v) is 5.31. The Morgan fingerprint density at radius 3 is 2.89 bits per heavy atom. The van der Waals surface area contributed by atoms with Crippen molar-refractivity contribution in [2.24, 2.45) is 0 Å². The number of rotatable bonds is 1. The van der Waals surface area contributed by atoms with Crippen LogP contribution >= 0.6 is 12.2 Å². The predicted octanol–water partition coefficient (Wildman–Crippen LogP) is 3.97. The summed E-state index contributed by atoms with van der Waals surface area (Å²) in [6.45, 7) is 0. The molecule has 3 nitrogen and oxygen atoms in total. The van der Waals surface area contributed by atoms with E-state index in [-0.39, 0.29) is 0 Å². The molecule has 1 fully saturated rings. The van der Waals surface area contributed by atoms with E-state index < -0.39 is 0 Å². The van der Waals surface area contributed by atoms with Gasteiger partial charge >= 0.3 is 0 Å². The molecular weight excluding hydrogens is 242 g/mol. The van der Waals surface area contributed by atoms with Gasteiger partial charge in [-0.2, -0.15) is 0 Å². The number of imidazole rings is 1. The third-order valence-corrected chi connectivity index (χ3v) is 4.19. The van der Waals surface area contributed by atoms with Gasteiger partial charge in [-0.25, -0.2) is 0 Å². The van der Waals surface area contributed by atoms with Crippen LogP contribution in [0.3, 0.4) is 0 Å². The Morgan fingerprint density at radius 2 is 2.11 bits per heavy atom. The number of nitrogens with one attached hydrogen (secondary N) is 1. The van der Waals surface area contributed by atoms with E-state index >= 15 is 0 Å². The maximum Gasteiger partial charge on any atom is 0.178 e. The van der Waals surface area contributed by atoms with Crippen LogP contribution in [-0.4, -0.2) is 14.5 Å². The van der Waals surface area contributed by atoms with Crippen LogP contribution in [0.2, 0.25) is 0 Å². The van der Waals surface area contributed by atoms with Crippen molar-refractivity contribution in [3.05, 3.63) is 35.2 Å². The Morgan fingerprint density at radius 1 is 1.28 bits per heavy atom. The summed E-state index contributed by atoms with van der Waals surface area (Å²) in [6.07, 6.45) is 5.67. The summed E-state index contributed by atoms with van der Waals surface area (Å²) in [5.41, 5.74) is 3.30. The molecule has 0 radical (unpaired) electrons. The lowest BCUT2D eigenvalue weighted by atomic mass is 9.93. The van der Waals surface area contributed by atoms with E-state index in [9.17, 15) is 0 Å². The topological polar surface area (TPSA) is 33.6 Å². The summed E-state index contributed by atoms with van der Waals surface area (Å²) in [7, 11) is 0. The van der Waals surface area contributed by atoms with Gasteiger partial charge in [0.05, 0.1) is 22.7 Å². The van der Waals surface area contributed by atoms with Crippen molar-refractivity contribution >= 4 is 34.2 Å². The van der Waals surface area contributed by atoms with E-state index in [2.05, 4.69) is 32.7 Å². The van der Waals surface area contributed by atoms with Crippen LogP contribution < -0.4 is 0 Å². The molecule has 4 rings (SSSR count). The fourth-order valence-corrected chi connectivity index (χ4v) is 3.10. The fourth-order valence-electron chi connectivity index (χ4n) is 2.75. The monoisotopic (exact) mass is 255 g/mol.